The third-order valence-electron chi connectivity index (χ3n) is 6.89. The second-order valence-electron chi connectivity index (χ2n) is 9.90. The minimum Gasteiger partial charge on any atom is -0.349 e. The maximum absolute atomic E-state index is 13.0. The van der Waals surface area contributed by atoms with E-state index in [1.54, 1.807) is 0 Å². The zero-order valence-electron chi connectivity index (χ0n) is 18.6. The van der Waals surface area contributed by atoms with Crippen LogP contribution in [0.25, 0.3) is 0 Å². The fourth-order valence-corrected chi connectivity index (χ4v) is 4.95. The first-order valence-corrected chi connectivity index (χ1v) is 11.9. The molecule has 0 aromatic heterocycles. The van der Waals surface area contributed by atoms with Gasteiger partial charge in [0.15, 0.2) is 0 Å². The van der Waals surface area contributed by atoms with Gasteiger partial charge in [0.1, 0.15) is 0 Å². The molecule has 1 saturated carbocycles. The number of rotatable bonds is 6. The molecule has 30 heavy (non-hydrogen) atoms. The van der Waals surface area contributed by atoms with Crippen molar-refractivity contribution >= 4 is 11.9 Å². The molecule has 1 N–H and O–H groups in total. The molecular formula is C25H37N3O2. The van der Waals surface area contributed by atoms with Crippen molar-refractivity contribution in [1.29, 1.82) is 0 Å². The Morgan fingerprint density at radius 2 is 1.53 bits per heavy atom. The number of nitrogens with one attached hydrogen (secondary N) is 1. The van der Waals surface area contributed by atoms with Gasteiger partial charge in [-0.05, 0) is 67.9 Å². The molecule has 3 aliphatic rings. The Bertz CT molecular complexity index is 727. The number of nitrogens with zero attached hydrogens (tertiary/aromatic N) is 2. The maximum Gasteiger partial charge on any atom is 0.319 e. The van der Waals surface area contributed by atoms with Crippen molar-refractivity contribution in [2.24, 2.45) is 17.8 Å². The van der Waals surface area contributed by atoms with E-state index < -0.39 is 0 Å². The van der Waals surface area contributed by atoms with Gasteiger partial charge >= 0.3 is 6.03 Å². The van der Waals surface area contributed by atoms with Gasteiger partial charge in [-0.2, -0.15) is 0 Å². The highest BCUT2D eigenvalue weighted by Gasteiger charge is 2.36. The normalized spacial score (nSPS) is 21.2. The summed E-state index contributed by atoms with van der Waals surface area (Å²) >= 11 is 0. The molecule has 1 atom stereocenters. The molecule has 2 heterocycles. The van der Waals surface area contributed by atoms with E-state index >= 15 is 0 Å². The standard InChI is InChI=1S/C25H37N3O2/c1-18(2)17-19-5-7-20(8-6-19)23(21-9-10-21)26-24(29)22-11-15-28(16-12-22)25(30)27-13-3-4-14-27/h5-8,18,21-23H,3-4,9-17H2,1-2H3,(H,26,29). The van der Waals surface area contributed by atoms with Crippen molar-refractivity contribution in [1.82, 2.24) is 15.1 Å². The number of urea groups is 1. The van der Waals surface area contributed by atoms with E-state index in [-0.39, 0.29) is 23.9 Å². The van der Waals surface area contributed by atoms with E-state index in [1.165, 1.54) is 24.0 Å². The molecule has 1 aliphatic carbocycles. The lowest BCUT2D eigenvalue weighted by Gasteiger charge is -2.34. The molecule has 5 heteroatoms. The van der Waals surface area contributed by atoms with Crippen molar-refractivity contribution in [2.45, 2.75) is 64.8 Å². The SMILES string of the molecule is CC(C)Cc1ccc(C(NC(=O)C2CCN(C(=O)N3CCCC3)CC2)C2CC2)cc1. The van der Waals surface area contributed by atoms with Crippen LogP contribution in [0.4, 0.5) is 4.79 Å². The van der Waals surface area contributed by atoms with Gasteiger partial charge in [-0.1, -0.05) is 38.1 Å². The summed E-state index contributed by atoms with van der Waals surface area (Å²) in [5.74, 6) is 1.42. The Hall–Kier alpha value is -2.04. The van der Waals surface area contributed by atoms with Crippen molar-refractivity contribution in [3.05, 3.63) is 35.4 Å². The van der Waals surface area contributed by atoms with Gasteiger partial charge in [0.2, 0.25) is 5.91 Å². The molecule has 0 bridgehead atoms. The zero-order valence-corrected chi connectivity index (χ0v) is 18.6. The van der Waals surface area contributed by atoms with Crippen molar-refractivity contribution in [2.75, 3.05) is 26.2 Å². The average Bonchev–Trinajstić information content (AvgIpc) is 3.44. The average molecular weight is 412 g/mol. The Labute approximate surface area is 181 Å². The Kier molecular flexibility index (Phi) is 6.64. The van der Waals surface area contributed by atoms with Gasteiger partial charge in [0.05, 0.1) is 6.04 Å². The highest BCUT2D eigenvalue weighted by atomic mass is 16.2. The van der Waals surface area contributed by atoms with Crippen LogP contribution in [0, 0.1) is 17.8 Å². The summed E-state index contributed by atoms with van der Waals surface area (Å²) in [5.41, 5.74) is 2.60. The first-order chi connectivity index (χ1) is 14.5. The third kappa shape index (κ3) is 5.16. The van der Waals surface area contributed by atoms with E-state index in [0.29, 0.717) is 24.9 Å². The molecule has 164 valence electrons. The molecule has 0 radical (unpaired) electrons. The summed E-state index contributed by atoms with van der Waals surface area (Å²) in [7, 11) is 0. The van der Waals surface area contributed by atoms with Crippen LogP contribution in [0.5, 0.6) is 0 Å². The van der Waals surface area contributed by atoms with Crippen LogP contribution in [-0.2, 0) is 11.2 Å². The van der Waals surface area contributed by atoms with Gasteiger partial charge < -0.3 is 15.1 Å². The van der Waals surface area contributed by atoms with E-state index in [9.17, 15) is 9.59 Å². The molecule has 4 rings (SSSR count). The van der Waals surface area contributed by atoms with Crippen LogP contribution in [0.3, 0.4) is 0 Å². The first kappa shape index (κ1) is 21.2. The van der Waals surface area contributed by atoms with Gasteiger partial charge in [-0.3, -0.25) is 4.79 Å². The van der Waals surface area contributed by atoms with Gasteiger partial charge in [-0.25, -0.2) is 4.79 Å². The molecule has 5 nitrogen and oxygen atoms in total. The predicted octanol–water partition coefficient (Wildman–Crippen LogP) is 4.38. The monoisotopic (exact) mass is 411 g/mol. The van der Waals surface area contributed by atoms with Gasteiger partial charge in [0.25, 0.3) is 0 Å². The number of likely N-dealkylation sites (tertiary alicyclic amines) is 2. The van der Waals surface area contributed by atoms with Crippen LogP contribution in [0.15, 0.2) is 24.3 Å². The first-order valence-electron chi connectivity index (χ1n) is 11.9. The van der Waals surface area contributed by atoms with Crippen molar-refractivity contribution < 1.29 is 9.59 Å². The summed E-state index contributed by atoms with van der Waals surface area (Å²) in [6.45, 7) is 7.66. The maximum atomic E-state index is 13.0. The molecule has 1 aromatic carbocycles. The quantitative estimate of drug-likeness (QED) is 0.755. The molecule has 2 saturated heterocycles. The second-order valence-corrected chi connectivity index (χ2v) is 9.90. The predicted molar refractivity (Wildman–Crippen MR) is 119 cm³/mol. The molecular weight excluding hydrogens is 374 g/mol. The Morgan fingerprint density at radius 1 is 0.933 bits per heavy atom. The Balaban J connectivity index is 1.31. The molecule has 1 unspecified atom stereocenters. The van der Waals surface area contributed by atoms with Gasteiger partial charge in [-0.15, -0.1) is 0 Å². The minimum atomic E-state index is 0.0223. The number of carbonyl (C=O) groups excluding carboxylic acids is 2. The third-order valence-corrected chi connectivity index (χ3v) is 6.89. The number of piperidine rings is 1. The highest BCUT2D eigenvalue weighted by Crippen LogP contribution is 2.41. The van der Waals surface area contributed by atoms with Crippen LogP contribution in [-0.4, -0.2) is 47.9 Å². The van der Waals surface area contributed by atoms with E-state index in [4.69, 9.17) is 0 Å². The van der Waals surface area contributed by atoms with E-state index in [2.05, 4.69) is 43.4 Å². The van der Waals surface area contributed by atoms with E-state index in [1.807, 2.05) is 9.80 Å². The van der Waals surface area contributed by atoms with Crippen molar-refractivity contribution in [3.8, 4) is 0 Å². The largest absolute Gasteiger partial charge is 0.349 e. The molecule has 3 fully saturated rings. The summed E-state index contributed by atoms with van der Waals surface area (Å²) in [6, 6.07) is 9.16. The topological polar surface area (TPSA) is 52.7 Å². The number of hydrogen-bond donors (Lipinski definition) is 1. The number of amides is 3. The lowest BCUT2D eigenvalue weighted by molar-refractivity contribution is -0.127. The zero-order chi connectivity index (χ0) is 21.1. The lowest BCUT2D eigenvalue weighted by Crippen LogP contribution is -2.48. The van der Waals surface area contributed by atoms with Gasteiger partial charge in [0, 0.05) is 32.1 Å². The summed E-state index contributed by atoms with van der Waals surface area (Å²) in [4.78, 5) is 29.5. The van der Waals surface area contributed by atoms with Crippen molar-refractivity contribution in [3.63, 3.8) is 0 Å². The molecule has 3 amide bonds. The Morgan fingerprint density at radius 3 is 2.10 bits per heavy atom. The summed E-state index contributed by atoms with van der Waals surface area (Å²) < 4.78 is 0. The fraction of sp³-hybridized carbons (Fsp3) is 0.680. The molecule has 2 aliphatic heterocycles. The fourth-order valence-electron chi connectivity index (χ4n) is 4.95. The van der Waals surface area contributed by atoms with Crippen LogP contribution in [0.1, 0.15) is 69.5 Å². The van der Waals surface area contributed by atoms with Crippen LogP contribution < -0.4 is 5.32 Å². The second kappa shape index (κ2) is 9.40. The number of carbonyl (C=O) groups is 2. The smallest absolute Gasteiger partial charge is 0.319 e. The highest BCUT2D eigenvalue weighted by molar-refractivity contribution is 5.80. The molecule has 0 spiro atoms. The summed E-state index contributed by atoms with van der Waals surface area (Å²) in [6.07, 6.45) is 7.27. The lowest BCUT2D eigenvalue weighted by atomic mass is 9.93. The van der Waals surface area contributed by atoms with Crippen LogP contribution >= 0.6 is 0 Å². The summed E-state index contributed by atoms with van der Waals surface area (Å²) in [5, 5.41) is 3.37. The van der Waals surface area contributed by atoms with Crippen LogP contribution in [0.2, 0.25) is 0 Å². The minimum absolute atomic E-state index is 0.0223. The van der Waals surface area contributed by atoms with E-state index in [0.717, 1.165) is 45.2 Å². The molecule has 1 aromatic rings. The number of hydrogen-bond acceptors (Lipinski definition) is 2. The number of benzene rings is 1.